The van der Waals surface area contributed by atoms with Gasteiger partial charge in [0, 0.05) is 19.7 Å². The van der Waals surface area contributed by atoms with E-state index < -0.39 is 36.6 Å². The molecule has 0 aliphatic heterocycles. The number of phenolic OH excluding ortho intramolecular Hbond substituents is 1. The van der Waals surface area contributed by atoms with E-state index in [-0.39, 0.29) is 41.1 Å². The molecule has 0 saturated carbocycles. The Morgan fingerprint density at radius 2 is 1.65 bits per heavy atom. The lowest BCUT2D eigenvalue weighted by atomic mass is 10.0. The smallest absolute Gasteiger partial charge is 0.404 e. The van der Waals surface area contributed by atoms with Crippen molar-refractivity contribution in [2.45, 2.75) is 82.1 Å². The van der Waals surface area contributed by atoms with Gasteiger partial charge in [0.2, 0.25) is 10.0 Å². The summed E-state index contributed by atoms with van der Waals surface area (Å²) in [5.41, 5.74) is 0.683. The number of carbonyl (C=O) groups is 1. The van der Waals surface area contributed by atoms with Gasteiger partial charge < -0.3 is 25.1 Å². The number of phenols is 1. The molecule has 2 aromatic rings. The third kappa shape index (κ3) is 10.2. The summed E-state index contributed by atoms with van der Waals surface area (Å²) in [6.07, 6.45) is -1.02. The molecule has 224 valence electrons. The Balaban J connectivity index is 2.19. The summed E-state index contributed by atoms with van der Waals surface area (Å²) in [4.78, 5) is 11.6. The van der Waals surface area contributed by atoms with Gasteiger partial charge in [0.05, 0.1) is 17.0 Å². The molecule has 2 aromatic carbocycles. The first-order chi connectivity index (χ1) is 18.5. The molecule has 4 N–H and O–H groups in total. The van der Waals surface area contributed by atoms with Gasteiger partial charge in [-0.3, -0.25) is 0 Å². The first-order valence-electron chi connectivity index (χ1n) is 13.7. The quantitative estimate of drug-likeness (QED) is 0.167. The molecule has 9 nitrogen and oxygen atoms in total. The number of nitrogens with zero attached hydrogens (tertiary/aromatic N) is 1. The topological polar surface area (TPSA) is 136 Å². The number of amides is 1. The van der Waals surface area contributed by atoms with E-state index in [1.807, 2.05) is 6.92 Å². The van der Waals surface area contributed by atoms with Gasteiger partial charge in [-0.05, 0) is 73.1 Å². The average molecular weight is 595 g/mol. The van der Waals surface area contributed by atoms with Crippen molar-refractivity contribution in [3.05, 3.63) is 60.2 Å². The van der Waals surface area contributed by atoms with Crippen LogP contribution in [0.1, 0.15) is 46.1 Å². The SMILES string of the molecule is C[C@@H](CCCO[Si](C)(C)C(C)(C)C)CN(C[C@@H](O)[C@H](Cc1ccc(O)cc1)NC(=O)O)S(=O)(=O)c1ccccc1. The Kier molecular flexibility index (Phi) is 12.2. The summed E-state index contributed by atoms with van der Waals surface area (Å²) >= 11 is 0. The Hall–Kier alpha value is -2.44. The molecule has 0 heterocycles. The number of aliphatic hydroxyl groups excluding tert-OH is 1. The molecule has 0 spiro atoms. The molecule has 0 unspecified atom stereocenters. The number of aromatic hydroxyl groups is 1. The number of sulfonamides is 1. The minimum atomic E-state index is -3.96. The van der Waals surface area contributed by atoms with Crippen LogP contribution in [0.4, 0.5) is 4.79 Å². The number of nitrogens with one attached hydrogen (secondary N) is 1. The third-order valence-corrected chi connectivity index (χ3v) is 13.9. The van der Waals surface area contributed by atoms with Gasteiger partial charge >= 0.3 is 6.09 Å². The van der Waals surface area contributed by atoms with E-state index in [1.165, 1.54) is 28.6 Å². The van der Waals surface area contributed by atoms with Crippen LogP contribution in [0.5, 0.6) is 5.75 Å². The van der Waals surface area contributed by atoms with Crippen molar-refractivity contribution in [3.8, 4) is 5.75 Å². The number of carboxylic acid groups (broad SMARTS) is 1. The number of rotatable bonds is 15. The van der Waals surface area contributed by atoms with E-state index in [1.54, 1.807) is 30.3 Å². The van der Waals surface area contributed by atoms with Crippen LogP contribution in [-0.2, 0) is 20.9 Å². The molecule has 11 heteroatoms. The van der Waals surface area contributed by atoms with Crippen LogP contribution < -0.4 is 5.32 Å². The van der Waals surface area contributed by atoms with E-state index >= 15 is 0 Å². The highest BCUT2D eigenvalue weighted by molar-refractivity contribution is 7.89. The van der Waals surface area contributed by atoms with E-state index in [0.717, 1.165) is 12.8 Å². The standard InChI is InChI=1S/C29H46N2O7SSi/c1-22(11-10-18-38-40(5,6)29(2,3)4)20-31(39(36,37)25-12-8-7-9-13-25)21-27(33)26(30-28(34)35)19-23-14-16-24(32)17-15-23/h7-9,12-17,22,26-27,30,32-33H,10-11,18-21H2,1-6H3,(H,34,35)/t22-,26-,27+/m0/s1. The van der Waals surface area contributed by atoms with Crippen molar-refractivity contribution in [2.24, 2.45) is 5.92 Å². The van der Waals surface area contributed by atoms with Gasteiger partial charge in [0.15, 0.2) is 8.32 Å². The van der Waals surface area contributed by atoms with E-state index in [9.17, 15) is 28.5 Å². The van der Waals surface area contributed by atoms with Gasteiger partial charge in [-0.1, -0.05) is 58.0 Å². The van der Waals surface area contributed by atoms with E-state index in [2.05, 4.69) is 39.2 Å². The molecule has 0 aromatic heterocycles. The fraction of sp³-hybridized carbons (Fsp3) is 0.552. The van der Waals surface area contributed by atoms with Crippen LogP contribution in [0.25, 0.3) is 0 Å². The van der Waals surface area contributed by atoms with Crippen molar-refractivity contribution in [1.29, 1.82) is 0 Å². The highest BCUT2D eigenvalue weighted by Gasteiger charge is 2.37. The molecule has 0 fully saturated rings. The largest absolute Gasteiger partial charge is 0.508 e. The minimum absolute atomic E-state index is 0.0308. The second kappa shape index (κ2) is 14.4. The number of hydrogen-bond donors (Lipinski definition) is 4. The number of aliphatic hydroxyl groups is 1. The van der Waals surface area contributed by atoms with Crippen LogP contribution in [-0.4, -0.2) is 74.3 Å². The Morgan fingerprint density at radius 1 is 1.05 bits per heavy atom. The Bertz CT molecular complexity index is 1170. The predicted molar refractivity (Wildman–Crippen MR) is 160 cm³/mol. The molecule has 1 amide bonds. The Morgan fingerprint density at radius 3 is 2.20 bits per heavy atom. The zero-order valence-corrected chi connectivity index (χ0v) is 26.3. The maximum absolute atomic E-state index is 13.6. The maximum Gasteiger partial charge on any atom is 0.404 e. The zero-order valence-electron chi connectivity index (χ0n) is 24.5. The molecule has 0 bridgehead atoms. The molecule has 2 rings (SSSR count). The molecular weight excluding hydrogens is 548 g/mol. The first kappa shape index (κ1) is 33.8. The van der Waals surface area contributed by atoms with Gasteiger partial charge in [0.1, 0.15) is 5.75 Å². The van der Waals surface area contributed by atoms with Crippen LogP contribution in [0.15, 0.2) is 59.5 Å². The van der Waals surface area contributed by atoms with Crippen LogP contribution >= 0.6 is 0 Å². The summed E-state index contributed by atoms with van der Waals surface area (Å²) in [7, 11) is -5.84. The van der Waals surface area contributed by atoms with E-state index in [4.69, 9.17) is 4.43 Å². The molecule has 0 aliphatic carbocycles. The highest BCUT2D eigenvalue weighted by atomic mass is 32.2. The lowest BCUT2D eigenvalue weighted by Crippen LogP contribution is -2.50. The molecule has 0 aliphatic rings. The van der Waals surface area contributed by atoms with Crippen molar-refractivity contribution >= 4 is 24.4 Å². The molecule has 0 radical (unpaired) electrons. The third-order valence-electron chi connectivity index (χ3n) is 7.56. The lowest BCUT2D eigenvalue weighted by molar-refractivity contribution is 0.0969. The number of hydrogen-bond acceptors (Lipinski definition) is 6. The molecule has 0 saturated heterocycles. The monoisotopic (exact) mass is 594 g/mol. The summed E-state index contributed by atoms with van der Waals surface area (Å²) in [5.74, 6) is 0.0348. The number of benzene rings is 2. The van der Waals surface area contributed by atoms with Crippen molar-refractivity contribution < 1.29 is 33.0 Å². The van der Waals surface area contributed by atoms with E-state index in [0.29, 0.717) is 12.2 Å². The van der Waals surface area contributed by atoms with Gasteiger partial charge in [-0.25, -0.2) is 13.2 Å². The van der Waals surface area contributed by atoms with Crippen LogP contribution in [0.2, 0.25) is 18.1 Å². The van der Waals surface area contributed by atoms with Crippen molar-refractivity contribution in [1.82, 2.24) is 9.62 Å². The Labute approximate surface area is 240 Å². The summed E-state index contributed by atoms with van der Waals surface area (Å²) in [5, 5.41) is 32.5. The molecular formula is C29H46N2O7SSi. The van der Waals surface area contributed by atoms with Gasteiger partial charge in [-0.15, -0.1) is 0 Å². The highest BCUT2D eigenvalue weighted by Crippen LogP contribution is 2.36. The first-order valence-corrected chi connectivity index (χ1v) is 18.0. The second-order valence-electron chi connectivity index (χ2n) is 12.0. The fourth-order valence-electron chi connectivity index (χ4n) is 4.09. The zero-order chi connectivity index (χ0) is 30.1. The molecule has 3 atom stereocenters. The molecule has 40 heavy (non-hydrogen) atoms. The van der Waals surface area contributed by atoms with Crippen LogP contribution in [0, 0.1) is 5.92 Å². The van der Waals surface area contributed by atoms with Crippen molar-refractivity contribution in [3.63, 3.8) is 0 Å². The fourth-order valence-corrected chi connectivity index (χ4v) is 6.78. The maximum atomic E-state index is 13.6. The predicted octanol–water partition coefficient (Wildman–Crippen LogP) is 5.06. The average Bonchev–Trinajstić information content (AvgIpc) is 2.86. The lowest BCUT2D eigenvalue weighted by Gasteiger charge is -2.36. The minimum Gasteiger partial charge on any atom is -0.508 e. The van der Waals surface area contributed by atoms with Gasteiger partial charge in [0.25, 0.3) is 0 Å². The normalized spacial score (nSPS) is 15.0. The summed E-state index contributed by atoms with van der Waals surface area (Å²) in [6, 6.07) is 13.3. The van der Waals surface area contributed by atoms with Crippen molar-refractivity contribution in [2.75, 3.05) is 19.7 Å². The second-order valence-corrected chi connectivity index (χ2v) is 18.7. The summed E-state index contributed by atoms with van der Waals surface area (Å²) in [6.45, 7) is 13.4. The summed E-state index contributed by atoms with van der Waals surface area (Å²) < 4.78 is 34.8. The van der Waals surface area contributed by atoms with Crippen LogP contribution in [0.3, 0.4) is 0 Å². The van der Waals surface area contributed by atoms with Gasteiger partial charge in [-0.2, -0.15) is 4.31 Å².